The number of carbonyl (C=O) groups excluding carboxylic acids is 1. The van der Waals surface area contributed by atoms with Crippen LogP contribution < -0.4 is 11.1 Å². The molecule has 3 N–H and O–H groups in total. The largest absolute Gasteiger partial charge is 0.398 e. The predicted octanol–water partition coefficient (Wildman–Crippen LogP) is 3.28. The summed E-state index contributed by atoms with van der Waals surface area (Å²) >= 11 is 0. The summed E-state index contributed by atoms with van der Waals surface area (Å²) < 4.78 is 0. The molecular weight excluding hydrogens is 224 g/mol. The van der Waals surface area contributed by atoms with Crippen LogP contribution in [0.2, 0.25) is 0 Å². The van der Waals surface area contributed by atoms with E-state index in [1.165, 1.54) is 12.8 Å². The fourth-order valence-electron chi connectivity index (χ4n) is 1.97. The number of benzene rings is 1. The van der Waals surface area contributed by atoms with Crippen molar-refractivity contribution in [2.75, 3.05) is 5.73 Å². The van der Waals surface area contributed by atoms with Crippen molar-refractivity contribution >= 4 is 11.6 Å². The fraction of sp³-hybridized carbons (Fsp3) is 0.533. The Morgan fingerprint density at radius 1 is 1.39 bits per heavy atom. The molecule has 0 radical (unpaired) electrons. The van der Waals surface area contributed by atoms with Crippen molar-refractivity contribution in [1.29, 1.82) is 0 Å². The molecule has 1 amide bonds. The van der Waals surface area contributed by atoms with Gasteiger partial charge >= 0.3 is 0 Å². The van der Waals surface area contributed by atoms with E-state index in [0.717, 1.165) is 18.4 Å². The zero-order valence-electron chi connectivity index (χ0n) is 11.6. The molecule has 1 aromatic carbocycles. The number of nitrogens with two attached hydrogens (primary N) is 1. The van der Waals surface area contributed by atoms with E-state index in [1.807, 2.05) is 25.1 Å². The lowest BCUT2D eigenvalue weighted by Crippen LogP contribution is -2.33. The molecule has 0 saturated carbocycles. The average molecular weight is 248 g/mol. The number of amides is 1. The van der Waals surface area contributed by atoms with Crippen molar-refractivity contribution in [2.45, 2.75) is 52.5 Å². The van der Waals surface area contributed by atoms with Gasteiger partial charge in [-0.25, -0.2) is 0 Å². The number of hydrogen-bond acceptors (Lipinski definition) is 2. The Bertz CT molecular complexity index is 401. The van der Waals surface area contributed by atoms with E-state index in [9.17, 15) is 4.79 Å². The van der Waals surface area contributed by atoms with E-state index < -0.39 is 0 Å². The zero-order valence-corrected chi connectivity index (χ0v) is 11.6. The summed E-state index contributed by atoms with van der Waals surface area (Å²) in [5, 5.41) is 3.03. The Morgan fingerprint density at radius 3 is 2.78 bits per heavy atom. The predicted molar refractivity (Wildman–Crippen MR) is 76.7 cm³/mol. The van der Waals surface area contributed by atoms with Crippen molar-refractivity contribution in [3.05, 3.63) is 29.3 Å². The number of unbranched alkanes of at least 4 members (excludes halogenated alkanes) is 2. The maximum Gasteiger partial charge on any atom is 0.251 e. The van der Waals surface area contributed by atoms with Crippen LogP contribution in [0.3, 0.4) is 0 Å². The Kier molecular flexibility index (Phi) is 5.69. The van der Waals surface area contributed by atoms with Crippen LogP contribution in [0.15, 0.2) is 18.2 Å². The second-order valence-corrected chi connectivity index (χ2v) is 4.89. The second kappa shape index (κ2) is 7.04. The molecule has 0 saturated heterocycles. The van der Waals surface area contributed by atoms with Crippen molar-refractivity contribution in [2.24, 2.45) is 0 Å². The highest BCUT2D eigenvalue weighted by Crippen LogP contribution is 2.15. The van der Waals surface area contributed by atoms with Gasteiger partial charge in [-0.2, -0.15) is 0 Å². The molecule has 0 aromatic heterocycles. The van der Waals surface area contributed by atoms with Crippen molar-refractivity contribution in [3.63, 3.8) is 0 Å². The highest BCUT2D eigenvalue weighted by atomic mass is 16.1. The fourth-order valence-corrected chi connectivity index (χ4v) is 1.97. The van der Waals surface area contributed by atoms with Gasteiger partial charge in [-0.05, 0) is 38.0 Å². The molecule has 0 heterocycles. The zero-order chi connectivity index (χ0) is 13.5. The van der Waals surface area contributed by atoms with Gasteiger partial charge in [0, 0.05) is 17.3 Å². The smallest absolute Gasteiger partial charge is 0.251 e. The minimum absolute atomic E-state index is 0.0243. The van der Waals surface area contributed by atoms with Crippen LogP contribution in [0, 0.1) is 6.92 Å². The maximum absolute atomic E-state index is 12.1. The molecule has 1 unspecified atom stereocenters. The number of rotatable bonds is 6. The number of nitrogens with one attached hydrogen (secondary N) is 1. The van der Waals surface area contributed by atoms with E-state index in [2.05, 4.69) is 19.2 Å². The molecule has 0 aliphatic rings. The number of nitrogen functional groups attached to an aromatic ring is 1. The van der Waals surface area contributed by atoms with Gasteiger partial charge in [-0.1, -0.05) is 32.3 Å². The lowest BCUT2D eigenvalue weighted by molar-refractivity contribution is 0.0937. The Hall–Kier alpha value is -1.51. The van der Waals surface area contributed by atoms with Crippen LogP contribution in [-0.4, -0.2) is 11.9 Å². The number of carbonyl (C=O) groups is 1. The van der Waals surface area contributed by atoms with E-state index in [1.54, 1.807) is 0 Å². The minimum atomic E-state index is -0.0243. The highest BCUT2D eigenvalue weighted by Gasteiger charge is 2.12. The first-order chi connectivity index (χ1) is 8.56. The SMILES string of the molecule is CCCCCC(C)NC(=O)c1cccc(N)c1C. The molecule has 0 fully saturated rings. The molecule has 0 aliphatic heterocycles. The van der Waals surface area contributed by atoms with Crippen LogP contribution in [0.5, 0.6) is 0 Å². The molecule has 1 aromatic rings. The lowest BCUT2D eigenvalue weighted by Gasteiger charge is -2.15. The third-order valence-corrected chi connectivity index (χ3v) is 3.24. The van der Waals surface area contributed by atoms with Crippen molar-refractivity contribution in [3.8, 4) is 0 Å². The van der Waals surface area contributed by atoms with Gasteiger partial charge in [0.1, 0.15) is 0 Å². The number of anilines is 1. The Balaban J connectivity index is 2.57. The molecule has 0 bridgehead atoms. The normalized spacial score (nSPS) is 12.2. The topological polar surface area (TPSA) is 55.1 Å². The summed E-state index contributed by atoms with van der Waals surface area (Å²) in [4.78, 5) is 12.1. The molecular formula is C15H24N2O. The van der Waals surface area contributed by atoms with Crippen LogP contribution in [0.1, 0.15) is 55.5 Å². The van der Waals surface area contributed by atoms with Gasteiger partial charge < -0.3 is 11.1 Å². The first kappa shape index (κ1) is 14.6. The Morgan fingerprint density at radius 2 is 2.11 bits per heavy atom. The van der Waals surface area contributed by atoms with Gasteiger partial charge in [-0.3, -0.25) is 4.79 Å². The van der Waals surface area contributed by atoms with Gasteiger partial charge in [0.2, 0.25) is 0 Å². The molecule has 1 rings (SSSR count). The van der Waals surface area contributed by atoms with E-state index in [-0.39, 0.29) is 11.9 Å². The molecule has 18 heavy (non-hydrogen) atoms. The summed E-state index contributed by atoms with van der Waals surface area (Å²) in [5.41, 5.74) is 8.01. The molecule has 0 spiro atoms. The first-order valence-electron chi connectivity index (χ1n) is 6.72. The summed E-state index contributed by atoms with van der Waals surface area (Å²) in [6.45, 7) is 6.11. The van der Waals surface area contributed by atoms with Crippen molar-refractivity contribution in [1.82, 2.24) is 5.32 Å². The lowest BCUT2D eigenvalue weighted by atomic mass is 10.0. The van der Waals surface area contributed by atoms with Crippen LogP contribution >= 0.6 is 0 Å². The Labute approximate surface area is 110 Å². The summed E-state index contributed by atoms with van der Waals surface area (Å²) in [6, 6.07) is 5.67. The molecule has 1 atom stereocenters. The quantitative estimate of drug-likeness (QED) is 0.599. The van der Waals surface area contributed by atoms with Crippen LogP contribution in [0.4, 0.5) is 5.69 Å². The monoisotopic (exact) mass is 248 g/mol. The molecule has 3 nitrogen and oxygen atoms in total. The van der Waals surface area contributed by atoms with E-state index in [0.29, 0.717) is 11.3 Å². The van der Waals surface area contributed by atoms with Gasteiger partial charge in [0.25, 0.3) is 5.91 Å². The van der Waals surface area contributed by atoms with Crippen LogP contribution in [-0.2, 0) is 0 Å². The van der Waals surface area contributed by atoms with Gasteiger partial charge in [0.05, 0.1) is 0 Å². The van der Waals surface area contributed by atoms with E-state index in [4.69, 9.17) is 5.73 Å². The third-order valence-electron chi connectivity index (χ3n) is 3.24. The van der Waals surface area contributed by atoms with E-state index >= 15 is 0 Å². The minimum Gasteiger partial charge on any atom is -0.398 e. The third kappa shape index (κ3) is 4.06. The second-order valence-electron chi connectivity index (χ2n) is 4.89. The summed E-state index contributed by atoms with van der Waals surface area (Å²) in [7, 11) is 0. The summed E-state index contributed by atoms with van der Waals surface area (Å²) in [6.07, 6.45) is 4.61. The highest BCUT2D eigenvalue weighted by molar-refractivity contribution is 5.97. The maximum atomic E-state index is 12.1. The van der Waals surface area contributed by atoms with Gasteiger partial charge in [0.15, 0.2) is 0 Å². The van der Waals surface area contributed by atoms with Crippen LogP contribution in [0.25, 0.3) is 0 Å². The molecule has 3 heteroatoms. The van der Waals surface area contributed by atoms with Crippen molar-refractivity contribution < 1.29 is 4.79 Å². The standard InChI is InChI=1S/C15H24N2O/c1-4-5-6-8-11(2)17-15(18)13-9-7-10-14(16)12(13)3/h7,9-11H,4-6,8,16H2,1-3H3,(H,17,18). The number of hydrogen-bond donors (Lipinski definition) is 2. The van der Waals surface area contributed by atoms with Gasteiger partial charge in [-0.15, -0.1) is 0 Å². The average Bonchev–Trinajstić information content (AvgIpc) is 2.32. The summed E-state index contributed by atoms with van der Waals surface area (Å²) in [5.74, 6) is -0.0243. The molecule has 100 valence electrons. The first-order valence-corrected chi connectivity index (χ1v) is 6.72. The molecule has 0 aliphatic carbocycles.